The van der Waals surface area contributed by atoms with Crippen molar-refractivity contribution in [1.82, 2.24) is 10.2 Å². The van der Waals surface area contributed by atoms with Gasteiger partial charge in [0.1, 0.15) is 6.54 Å². The van der Waals surface area contributed by atoms with Gasteiger partial charge in [-0.3, -0.25) is 4.79 Å². The van der Waals surface area contributed by atoms with Gasteiger partial charge in [-0.15, -0.1) is 0 Å². The average Bonchev–Trinajstić information content (AvgIpc) is 2.78. The topological polar surface area (TPSA) is 70.7 Å². The molecule has 98 valence electrons. The van der Waals surface area contributed by atoms with Crippen molar-refractivity contribution in [2.75, 3.05) is 26.2 Å². The second-order valence-electron chi connectivity index (χ2n) is 4.90. The molecule has 1 heterocycles. The summed E-state index contributed by atoms with van der Waals surface area (Å²) in [7, 11) is 0. The minimum Gasteiger partial charge on any atom is -0.370 e. The Morgan fingerprint density at radius 2 is 2.06 bits per heavy atom. The van der Waals surface area contributed by atoms with Gasteiger partial charge in [-0.25, -0.2) is 4.99 Å². The van der Waals surface area contributed by atoms with Crippen LogP contribution in [0, 0.1) is 5.92 Å². The highest BCUT2D eigenvalue weighted by molar-refractivity contribution is 5.84. The van der Waals surface area contributed by atoms with E-state index in [1.54, 1.807) is 0 Å². The molecule has 1 fully saturated rings. The van der Waals surface area contributed by atoms with Crippen molar-refractivity contribution in [3.8, 4) is 0 Å². The maximum absolute atomic E-state index is 11.7. The zero-order valence-electron chi connectivity index (χ0n) is 10.9. The average molecular weight is 240 g/mol. The molecular formula is C12H24N4O. The van der Waals surface area contributed by atoms with Crippen LogP contribution in [0.3, 0.4) is 0 Å². The third-order valence-corrected chi connectivity index (χ3v) is 2.87. The highest BCUT2D eigenvalue weighted by Gasteiger charge is 2.16. The molecule has 0 aliphatic carbocycles. The lowest BCUT2D eigenvalue weighted by molar-refractivity contribution is -0.128. The van der Waals surface area contributed by atoms with Gasteiger partial charge in [0.2, 0.25) is 5.91 Å². The Labute approximate surface area is 103 Å². The number of carbonyl (C=O) groups excluding carboxylic acids is 1. The summed E-state index contributed by atoms with van der Waals surface area (Å²) in [5.41, 5.74) is 5.68. The predicted molar refractivity (Wildman–Crippen MR) is 69.8 cm³/mol. The number of amides is 1. The lowest BCUT2D eigenvalue weighted by atomic mass is 10.1. The second-order valence-corrected chi connectivity index (χ2v) is 4.90. The van der Waals surface area contributed by atoms with Crippen LogP contribution in [0.1, 0.15) is 33.1 Å². The van der Waals surface area contributed by atoms with Crippen LogP contribution in [-0.4, -0.2) is 42.9 Å². The first kappa shape index (κ1) is 13.8. The summed E-state index contributed by atoms with van der Waals surface area (Å²) in [6.07, 6.45) is 3.27. The lowest BCUT2D eigenvalue weighted by Crippen LogP contribution is -2.35. The molecule has 0 aromatic rings. The van der Waals surface area contributed by atoms with E-state index in [0.717, 1.165) is 38.9 Å². The monoisotopic (exact) mass is 240 g/mol. The van der Waals surface area contributed by atoms with Gasteiger partial charge >= 0.3 is 0 Å². The number of likely N-dealkylation sites (tertiary alicyclic amines) is 1. The van der Waals surface area contributed by atoms with E-state index in [9.17, 15) is 4.79 Å². The molecule has 0 bridgehead atoms. The minimum absolute atomic E-state index is 0.0797. The highest BCUT2D eigenvalue weighted by Crippen LogP contribution is 2.07. The fourth-order valence-corrected chi connectivity index (χ4v) is 1.76. The Morgan fingerprint density at radius 1 is 1.41 bits per heavy atom. The van der Waals surface area contributed by atoms with Gasteiger partial charge in [0.15, 0.2) is 5.96 Å². The molecule has 0 saturated carbocycles. The van der Waals surface area contributed by atoms with E-state index in [4.69, 9.17) is 5.73 Å². The number of guanidine groups is 1. The predicted octanol–water partition coefficient (Wildman–Crippen LogP) is 0.559. The van der Waals surface area contributed by atoms with E-state index >= 15 is 0 Å². The highest BCUT2D eigenvalue weighted by atomic mass is 16.2. The fraction of sp³-hybridized carbons (Fsp3) is 0.833. The van der Waals surface area contributed by atoms with Crippen LogP contribution in [0.25, 0.3) is 0 Å². The van der Waals surface area contributed by atoms with E-state index in [1.807, 2.05) is 4.90 Å². The Hall–Kier alpha value is -1.26. The molecule has 17 heavy (non-hydrogen) atoms. The maximum Gasteiger partial charge on any atom is 0.244 e. The Balaban J connectivity index is 2.19. The van der Waals surface area contributed by atoms with E-state index in [1.165, 1.54) is 0 Å². The molecular weight excluding hydrogens is 216 g/mol. The molecule has 1 aliphatic rings. The van der Waals surface area contributed by atoms with Crippen LogP contribution >= 0.6 is 0 Å². The first-order valence-corrected chi connectivity index (χ1v) is 6.41. The number of hydrogen-bond donors (Lipinski definition) is 2. The van der Waals surface area contributed by atoms with Crippen LogP contribution in [0.5, 0.6) is 0 Å². The van der Waals surface area contributed by atoms with E-state index < -0.39 is 0 Å². The number of nitrogens with one attached hydrogen (secondary N) is 1. The molecule has 3 N–H and O–H groups in total. The lowest BCUT2D eigenvalue weighted by Gasteiger charge is -2.13. The van der Waals surface area contributed by atoms with Gasteiger partial charge < -0.3 is 16.0 Å². The smallest absolute Gasteiger partial charge is 0.244 e. The van der Waals surface area contributed by atoms with Crippen LogP contribution in [0.15, 0.2) is 4.99 Å². The van der Waals surface area contributed by atoms with E-state index in [2.05, 4.69) is 24.2 Å². The summed E-state index contributed by atoms with van der Waals surface area (Å²) >= 11 is 0. The van der Waals surface area contributed by atoms with Crippen LogP contribution in [0.4, 0.5) is 0 Å². The number of nitrogens with zero attached hydrogens (tertiary/aromatic N) is 2. The van der Waals surface area contributed by atoms with E-state index in [0.29, 0.717) is 11.9 Å². The summed E-state index contributed by atoms with van der Waals surface area (Å²) < 4.78 is 0. The van der Waals surface area contributed by atoms with Crippen molar-refractivity contribution in [2.24, 2.45) is 16.6 Å². The molecule has 1 saturated heterocycles. The standard InChI is InChI=1S/C12H24N4O/c1-10(2)5-6-14-12(13)15-9-11(17)16-7-3-4-8-16/h10H,3-9H2,1-2H3,(H3,13,14,15). The number of hydrogen-bond acceptors (Lipinski definition) is 2. The van der Waals surface area contributed by atoms with Gasteiger partial charge in [0, 0.05) is 19.6 Å². The number of rotatable bonds is 5. The Morgan fingerprint density at radius 3 is 2.65 bits per heavy atom. The van der Waals surface area contributed by atoms with Crippen LogP contribution < -0.4 is 11.1 Å². The first-order chi connectivity index (χ1) is 8.09. The van der Waals surface area contributed by atoms with Gasteiger partial charge in [-0.1, -0.05) is 13.8 Å². The Bertz CT molecular complexity index is 270. The molecule has 0 aromatic heterocycles. The van der Waals surface area contributed by atoms with Crippen LogP contribution in [0.2, 0.25) is 0 Å². The zero-order valence-corrected chi connectivity index (χ0v) is 10.9. The number of nitrogens with two attached hydrogens (primary N) is 1. The minimum atomic E-state index is 0.0797. The van der Waals surface area contributed by atoms with Crippen molar-refractivity contribution in [1.29, 1.82) is 0 Å². The largest absolute Gasteiger partial charge is 0.370 e. The van der Waals surface area contributed by atoms with Crippen molar-refractivity contribution in [3.63, 3.8) is 0 Å². The molecule has 1 rings (SSSR count). The zero-order chi connectivity index (χ0) is 12.7. The van der Waals surface area contributed by atoms with Crippen LogP contribution in [-0.2, 0) is 4.79 Å². The number of carbonyl (C=O) groups is 1. The normalized spacial score (nSPS) is 16.6. The molecule has 0 radical (unpaired) electrons. The van der Waals surface area contributed by atoms with Gasteiger partial charge in [-0.2, -0.15) is 0 Å². The molecule has 0 aromatic carbocycles. The summed E-state index contributed by atoms with van der Waals surface area (Å²) in [6.45, 7) is 7.04. The molecule has 0 spiro atoms. The molecule has 0 unspecified atom stereocenters. The van der Waals surface area contributed by atoms with Gasteiger partial charge in [-0.05, 0) is 25.2 Å². The SMILES string of the molecule is CC(C)CCNC(N)=NCC(=O)N1CCCC1. The maximum atomic E-state index is 11.7. The Kier molecular flexibility index (Phi) is 5.80. The third kappa shape index (κ3) is 5.56. The molecule has 0 atom stereocenters. The summed E-state index contributed by atoms with van der Waals surface area (Å²) in [4.78, 5) is 17.6. The van der Waals surface area contributed by atoms with Crippen molar-refractivity contribution >= 4 is 11.9 Å². The molecule has 1 amide bonds. The molecule has 1 aliphatic heterocycles. The van der Waals surface area contributed by atoms with Crippen molar-refractivity contribution in [3.05, 3.63) is 0 Å². The third-order valence-electron chi connectivity index (χ3n) is 2.87. The van der Waals surface area contributed by atoms with Gasteiger partial charge in [0.25, 0.3) is 0 Å². The molecule has 5 heteroatoms. The molecule has 5 nitrogen and oxygen atoms in total. The first-order valence-electron chi connectivity index (χ1n) is 6.41. The van der Waals surface area contributed by atoms with E-state index in [-0.39, 0.29) is 12.5 Å². The van der Waals surface area contributed by atoms with Crippen molar-refractivity contribution in [2.45, 2.75) is 33.1 Å². The van der Waals surface area contributed by atoms with Crippen molar-refractivity contribution < 1.29 is 4.79 Å². The quantitative estimate of drug-likeness (QED) is 0.545. The van der Waals surface area contributed by atoms with Gasteiger partial charge in [0.05, 0.1) is 0 Å². The summed E-state index contributed by atoms with van der Waals surface area (Å²) in [6, 6.07) is 0. The summed E-state index contributed by atoms with van der Waals surface area (Å²) in [5.74, 6) is 1.09. The summed E-state index contributed by atoms with van der Waals surface area (Å²) in [5, 5.41) is 3.02. The second kappa shape index (κ2) is 7.14. The fourth-order valence-electron chi connectivity index (χ4n) is 1.76. The number of aliphatic imine (C=N–C) groups is 1.